The van der Waals surface area contributed by atoms with Crippen LogP contribution in [0.15, 0.2) is 4.99 Å². The molecule has 1 aliphatic carbocycles. The molecule has 92 valence electrons. The second-order valence-electron chi connectivity index (χ2n) is 5.74. The third kappa shape index (κ3) is 2.73. The van der Waals surface area contributed by atoms with Gasteiger partial charge in [-0.3, -0.25) is 4.99 Å². The highest BCUT2D eigenvalue weighted by Crippen LogP contribution is 2.38. The lowest BCUT2D eigenvalue weighted by Crippen LogP contribution is -2.34. The molecule has 1 saturated carbocycles. The molecule has 1 N–H and O–H groups in total. The van der Waals surface area contributed by atoms with Crippen LogP contribution in [0.3, 0.4) is 0 Å². The second-order valence-corrected chi connectivity index (χ2v) is 6.75. The average molecular weight is 240 g/mol. The minimum Gasteiger partial charge on any atom is -0.361 e. The summed E-state index contributed by atoms with van der Waals surface area (Å²) in [6.45, 7) is 6.99. The van der Waals surface area contributed by atoms with Crippen LogP contribution in [0.4, 0.5) is 0 Å². The van der Waals surface area contributed by atoms with Gasteiger partial charge in [-0.15, -0.1) is 0 Å². The van der Waals surface area contributed by atoms with E-state index >= 15 is 0 Å². The van der Waals surface area contributed by atoms with Gasteiger partial charge in [-0.2, -0.15) is 0 Å². The molecule has 0 aromatic heterocycles. The van der Waals surface area contributed by atoms with Crippen molar-refractivity contribution in [1.29, 1.82) is 0 Å². The molecule has 2 rings (SSSR count). The Bertz CT molecular complexity index is 273. The first-order valence-corrected chi connectivity index (χ1v) is 7.57. The highest BCUT2D eigenvalue weighted by atomic mass is 32.2. The van der Waals surface area contributed by atoms with Crippen LogP contribution in [-0.2, 0) is 0 Å². The molecule has 0 bridgehead atoms. The van der Waals surface area contributed by atoms with E-state index in [0.29, 0.717) is 17.5 Å². The van der Waals surface area contributed by atoms with Crippen molar-refractivity contribution in [3.8, 4) is 0 Å². The quantitative estimate of drug-likeness (QED) is 0.799. The predicted octanol–water partition coefficient (Wildman–Crippen LogP) is 3.43. The van der Waals surface area contributed by atoms with Gasteiger partial charge in [0, 0.05) is 11.8 Å². The maximum atomic E-state index is 4.95. The molecule has 2 fully saturated rings. The lowest BCUT2D eigenvalue weighted by Gasteiger charge is -2.36. The number of nitrogens with zero attached hydrogens (tertiary/aromatic N) is 1. The SMILES string of the molecule is CCC1CSC(=NC2CCCCC2(C)C)N1. The fraction of sp³-hybridized carbons (Fsp3) is 0.923. The van der Waals surface area contributed by atoms with Crippen LogP contribution in [0.2, 0.25) is 0 Å². The van der Waals surface area contributed by atoms with Gasteiger partial charge in [-0.25, -0.2) is 0 Å². The van der Waals surface area contributed by atoms with E-state index in [2.05, 4.69) is 26.1 Å². The van der Waals surface area contributed by atoms with Crippen molar-refractivity contribution in [1.82, 2.24) is 5.32 Å². The Labute approximate surface area is 104 Å². The second kappa shape index (κ2) is 4.99. The Hall–Kier alpha value is -0.180. The zero-order valence-electron chi connectivity index (χ0n) is 10.8. The molecule has 1 aliphatic heterocycles. The Morgan fingerprint density at radius 3 is 2.88 bits per heavy atom. The number of hydrogen-bond acceptors (Lipinski definition) is 2. The van der Waals surface area contributed by atoms with Crippen molar-refractivity contribution in [3.63, 3.8) is 0 Å². The molecule has 2 unspecified atom stereocenters. The van der Waals surface area contributed by atoms with Crippen LogP contribution < -0.4 is 5.32 Å². The van der Waals surface area contributed by atoms with Crippen LogP contribution in [0, 0.1) is 5.41 Å². The summed E-state index contributed by atoms with van der Waals surface area (Å²) in [5.41, 5.74) is 0.401. The van der Waals surface area contributed by atoms with Gasteiger partial charge in [0.05, 0.1) is 6.04 Å². The van der Waals surface area contributed by atoms with Crippen molar-refractivity contribution < 1.29 is 0 Å². The molecule has 1 heterocycles. The summed E-state index contributed by atoms with van der Waals surface area (Å²) in [5, 5.41) is 4.74. The first-order chi connectivity index (χ1) is 7.62. The van der Waals surface area contributed by atoms with E-state index in [1.807, 2.05) is 11.8 Å². The van der Waals surface area contributed by atoms with Crippen LogP contribution in [0.25, 0.3) is 0 Å². The lowest BCUT2D eigenvalue weighted by molar-refractivity contribution is 0.204. The molecular weight excluding hydrogens is 216 g/mol. The summed E-state index contributed by atoms with van der Waals surface area (Å²) < 4.78 is 0. The van der Waals surface area contributed by atoms with Crippen LogP contribution in [0.5, 0.6) is 0 Å². The third-order valence-electron chi connectivity index (χ3n) is 3.97. The van der Waals surface area contributed by atoms with Gasteiger partial charge in [0.2, 0.25) is 0 Å². The fourth-order valence-corrected chi connectivity index (χ4v) is 3.72. The largest absolute Gasteiger partial charge is 0.361 e. The highest BCUT2D eigenvalue weighted by Gasteiger charge is 2.33. The number of hydrogen-bond donors (Lipinski definition) is 1. The minimum absolute atomic E-state index is 0.401. The van der Waals surface area contributed by atoms with Gasteiger partial charge < -0.3 is 5.32 Å². The summed E-state index contributed by atoms with van der Waals surface area (Å²) in [7, 11) is 0. The van der Waals surface area contributed by atoms with E-state index in [4.69, 9.17) is 4.99 Å². The summed E-state index contributed by atoms with van der Waals surface area (Å²) in [5.74, 6) is 1.20. The van der Waals surface area contributed by atoms with Crippen molar-refractivity contribution in [2.24, 2.45) is 10.4 Å². The number of amidine groups is 1. The first kappa shape index (κ1) is 12.3. The topological polar surface area (TPSA) is 24.4 Å². The summed E-state index contributed by atoms with van der Waals surface area (Å²) in [4.78, 5) is 4.95. The normalized spacial score (nSPS) is 36.3. The zero-order chi connectivity index (χ0) is 11.6. The van der Waals surface area contributed by atoms with Gasteiger partial charge in [0.25, 0.3) is 0 Å². The van der Waals surface area contributed by atoms with E-state index in [1.54, 1.807) is 0 Å². The van der Waals surface area contributed by atoms with Crippen LogP contribution >= 0.6 is 11.8 Å². The van der Waals surface area contributed by atoms with E-state index < -0.39 is 0 Å². The molecule has 1 saturated heterocycles. The maximum Gasteiger partial charge on any atom is 0.157 e. The predicted molar refractivity (Wildman–Crippen MR) is 73.1 cm³/mol. The van der Waals surface area contributed by atoms with Crippen molar-refractivity contribution in [3.05, 3.63) is 0 Å². The van der Waals surface area contributed by atoms with E-state index in [-0.39, 0.29) is 0 Å². The minimum atomic E-state index is 0.401. The monoisotopic (exact) mass is 240 g/mol. The molecule has 2 aliphatic rings. The Morgan fingerprint density at radius 1 is 1.44 bits per heavy atom. The summed E-state index contributed by atoms with van der Waals surface area (Å²) in [6, 6.07) is 1.18. The van der Waals surface area contributed by atoms with Crippen LogP contribution in [0.1, 0.15) is 52.9 Å². The van der Waals surface area contributed by atoms with Crippen molar-refractivity contribution in [2.75, 3.05) is 5.75 Å². The molecule has 0 amide bonds. The van der Waals surface area contributed by atoms with E-state index in [1.165, 1.54) is 43.0 Å². The third-order valence-corrected chi connectivity index (χ3v) is 5.03. The Morgan fingerprint density at radius 2 is 2.25 bits per heavy atom. The van der Waals surface area contributed by atoms with Crippen molar-refractivity contribution in [2.45, 2.75) is 65.0 Å². The molecule has 16 heavy (non-hydrogen) atoms. The standard InChI is InChI=1S/C13H24N2S/c1-4-10-9-16-12(14-10)15-11-7-5-6-8-13(11,2)3/h10-11H,4-9H2,1-3H3,(H,14,15). The van der Waals surface area contributed by atoms with E-state index in [9.17, 15) is 0 Å². The fourth-order valence-electron chi connectivity index (χ4n) is 2.59. The summed E-state index contributed by atoms with van der Waals surface area (Å²) >= 11 is 1.91. The molecule has 3 heteroatoms. The molecule has 2 nitrogen and oxygen atoms in total. The summed E-state index contributed by atoms with van der Waals surface area (Å²) in [6.07, 6.45) is 6.55. The van der Waals surface area contributed by atoms with E-state index in [0.717, 1.165) is 0 Å². The van der Waals surface area contributed by atoms with Gasteiger partial charge in [-0.1, -0.05) is 45.4 Å². The highest BCUT2D eigenvalue weighted by molar-refractivity contribution is 8.14. The van der Waals surface area contributed by atoms with Gasteiger partial charge in [-0.05, 0) is 24.7 Å². The maximum absolute atomic E-state index is 4.95. The van der Waals surface area contributed by atoms with Gasteiger partial charge in [0.1, 0.15) is 0 Å². The van der Waals surface area contributed by atoms with Crippen molar-refractivity contribution >= 4 is 16.9 Å². The number of rotatable bonds is 2. The first-order valence-electron chi connectivity index (χ1n) is 6.59. The number of nitrogens with one attached hydrogen (secondary N) is 1. The molecule has 0 aromatic carbocycles. The Kier molecular flexibility index (Phi) is 3.83. The Balaban J connectivity index is 2.00. The van der Waals surface area contributed by atoms with Crippen LogP contribution in [-0.4, -0.2) is 23.0 Å². The molecule has 0 aromatic rings. The molecule has 0 spiro atoms. The molecule has 0 radical (unpaired) electrons. The smallest absolute Gasteiger partial charge is 0.157 e. The lowest BCUT2D eigenvalue weighted by atomic mass is 9.73. The number of aliphatic imine (C=N–C) groups is 1. The molecular formula is C13H24N2S. The number of thioether (sulfide) groups is 1. The average Bonchev–Trinajstić information content (AvgIpc) is 2.69. The van der Waals surface area contributed by atoms with Gasteiger partial charge in [0.15, 0.2) is 5.17 Å². The zero-order valence-corrected chi connectivity index (χ0v) is 11.6. The molecule has 2 atom stereocenters. The van der Waals surface area contributed by atoms with Gasteiger partial charge >= 0.3 is 0 Å².